The minimum absolute atomic E-state index is 0.206. The van der Waals surface area contributed by atoms with Crippen molar-refractivity contribution >= 4 is 21.8 Å². The van der Waals surface area contributed by atoms with Gasteiger partial charge in [-0.15, -0.1) is 0 Å². The summed E-state index contributed by atoms with van der Waals surface area (Å²) >= 11 is 1.77. The maximum absolute atomic E-state index is 11.6. The summed E-state index contributed by atoms with van der Waals surface area (Å²) in [5.74, 6) is 0.249. The van der Waals surface area contributed by atoms with E-state index in [0.717, 1.165) is 32.2 Å². The fourth-order valence-electron chi connectivity index (χ4n) is 1.50. The van der Waals surface area contributed by atoms with Gasteiger partial charge in [-0.3, -0.25) is 0 Å². The Morgan fingerprint density at radius 1 is 1.31 bits per heavy atom. The molecule has 1 rings (SSSR count). The number of unbranched alkanes of at least 4 members (excludes halogenated alkanes) is 1. The fraction of sp³-hybridized carbons (Fsp3) is 1.00. The normalized spacial score (nSPS) is 18.6. The predicted molar refractivity (Wildman–Crippen MR) is 70.4 cm³/mol. The van der Waals surface area contributed by atoms with Crippen molar-refractivity contribution in [2.45, 2.75) is 30.4 Å². The quantitative estimate of drug-likeness (QED) is 0.606. The molecule has 4 nitrogen and oxygen atoms in total. The lowest BCUT2D eigenvalue weighted by molar-refractivity contribution is 0.574. The van der Waals surface area contributed by atoms with Gasteiger partial charge in [0.25, 0.3) is 0 Å². The lowest BCUT2D eigenvalue weighted by atomic mass is 10.3. The van der Waals surface area contributed by atoms with Crippen LogP contribution in [0.4, 0.5) is 0 Å². The summed E-state index contributed by atoms with van der Waals surface area (Å²) < 4.78 is 26.2. The topological polar surface area (TPSA) is 58.2 Å². The first-order valence-electron chi connectivity index (χ1n) is 5.71. The first-order chi connectivity index (χ1) is 7.54. The lowest BCUT2D eigenvalue weighted by Gasteiger charge is -2.13. The van der Waals surface area contributed by atoms with Crippen LogP contribution in [0, 0.1) is 0 Å². The van der Waals surface area contributed by atoms with Crippen molar-refractivity contribution in [2.24, 2.45) is 0 Å². The molecule has 16 heavy (non-hydrogen) atoms. The van der Waals surface area contributed by atoms with Gasteiger partial charge in [-0.2, -0.15) is 11.8 Å². The molecule has 0 aromatic rings. The van der Waals surface area contributed by atoms with E-state index in [1.165, 1.54) is 0 Å². The zero-order chi connectivity index (χ0) is 12.1. The van der Waals surface area contributed by atoms with Crippen molar-refractivity contribution in [3.05, 3.63) is 0 Å². The summed E-state index contributed by atoms with van der Waals surface area (Å²) in [6, 6.07) is 0. The number of hydrogen-bond acceptors (Lipinski definition) is 4. The molecule has 0 aromatic heterocycles. The summed E-state index contributed by atoms with van der Waals surface area (Å²) in [4.78, 5) is 0. The van der Waals surface area contributed by atoms with Gasteiger partial charge < -0.3 is 5.32 Å². The summed E-state index contributed by atoms with van der Waals surface area (Å²) in [5, 5.41) is 3.01. The molecule has 0 bridgehead atoms. The molecule has 0 aromatic carbocycles. The molecule has 0 heterocycles. The van der Waals surface area contributed by atoms with Crippen molar-refractivity contribution in [2.75, 3.05) is 32.1 Å². The van der Waals surface area contributed by atoms with Gasteiger partial charge in [0.05, 0.1) is 5.75 Å². The molecule has 6 heteroatoms. The molecule has 2 N–H and O–H groups in total. The number of nitrogens with one attached hydrogen (secondary N) is 2. The molecule has 0 radical (unpaired) electrons. The maximum atomic E-state index is 11.6. The van der Waals surface area contributed by atoms with Crippen LogP contribution >= 0.6 is 11.8 Å². The molecule has 0 amide bonds. The van der Waals surface area contributed by atoms with Crippen LogP contribution in [0.1, 0.15) is 25.7 Å². The number of thioether (sulfide) groups is 1. The van der Waals surface area contributed by atoms with Gasteiger partial charge >= 0.3 is 0 Å². The van der Waals surface area contributed by atoms with Crippen LogP contribution < -0.4 is 10.0 Å². The van der Waals surface area contributed by atoms with E-state index in [4.69, 9.17) is 0 Å². The minimum Gasteiger partial charge on any atom is -0.320 e. The van der Waals surface area contributed by atoms with Gasteiger partial charge in [-0.1, -0.05) is 0 Å². The van der Waals surface area contributed by atoms with Crippen molar-refractivity contribution < 1.29 is 8.42 Å². The smallest absolute Gasteiger partial charge is 0.211 e. The third-order valence-corrected chi connectivity index (χ3v) is 5.77. The van der Waals surface area contributed by atoms with Crippen LogP contribution in [0.3, 0.4) is 0 Å². The zero-order valence-corrected chi connectivity index (χ0v) is 11.7. The number of rotatable bonds is 9. The van der Waals surface area contributed by atoms with E-state index in [1.807, 2.05) is 13.3 Å². The summed E-state index contributed by atoms with van der Waals surface area (Å²) in [6.45, 7) is 1.48. The largest absolute Gasteiger partial charge is 0.320 e. The standard InChI is InChI=1S/C10H22N2O2S2/c1-11-7-3-4-8-16(13,14)12-9-10(15-2)5-6-10/h11-12H,3-9H2,1-2H3. The monoisotopic (exact) mass is 266 g/mol. The highest BCUT2D eigenvalue weighted by atomic mass is 32.2. The van der Waals surface area contributed by atoms with Gasteiger partial charge in [-0.25, -0.2) is 13.1 Å². The van der Waals surface area contributed by atoms with E-state index in [9.17, 15) is 8.42 Å². The Morgan fingerprint density at radius 2 is 2.00 bits per heavy atom. The van der Waals surface area contributed by atoms with Crippen LogP contribution in [0.25, 0.3) is 0 Å². The van der Waals surface area contributed by atoms with Crippen molar-refractivity contribution in [3.8, 4) is 0 Å². The van der Waals surface area contributed by atoms with E-state index in [2.05, 4.69) is 10.0 Å². The Hall–Kier alpha value is 0.220. The van der Waals surface area contributed by atoms with Crippen LogP contribution in [0.2, 0.25) is 0 Å². The molecule has 1 aliphatic rings. The Kier molecular flexibility index (Phi) is 5.56. The van der Waals surface area contributed by atoms with Crippen molar-refractivity contribution in [1.29, 1.82) is 0 Å². The summed E-state index contributed by atoms with van der Waals surface area (Å²) in [6.07, 6.45) is 5.95. The molecule has 1 saturated carbocycles. The average Bonchev–Trinajstić information content (AvgIpc) is 3.03. The molecular weight excluding hydrogens is 244 g/mol. The van der Waals surface area contributed by atoms with Crippen LogP contribution in [-0.2, 0) is 10.0 Å². The minimum atomic E-state index is -3.06. The van der Waals surface area contributed by atoms with Crippen molar-refractivity contribution in [1.82, 2.24) is 10.0 Å². The maximum Gasteiger partial charge on any atom is 0.211 e. The Morgan fingerprint density at radius 3 is 2.50 bits per heavy atom. The molecule has 0 aliphatic heterocycles. The molecule has 0 saturated heterocycles. The molecular formula is C10H22N2O2S2. The predicted octanol–water partition coefficient (Wildman–Crippen LogP) is 0.801. The van der Waals surface area contributed by atoms with Crippen LogP contribution in [0.15, 0.2) is 0 Å². The first-order valence-corrected chi connectivity index (χ1v) is 8.58. The molecule has 0 atom stereocenters. The Balaban J connectivity index is 2.18. The highest BCUT2D eigenvalue weighted by Crippen LogP contribution is 2.46. The number of sulfonamides is 1. The zero-order valence-electron chi connectivity index (χ0n) is 10.1. The van der Waals surface area contributed by atoms with E-state index in [1.54, 1.807) is 11.8 Å². The SMILES string of the molecule is CNCCCCS(=O)(=O)NCC1(SC)CC1. The second-order valence-electron chi connectivity index (χ2n) is 4.34. The third-order valence-electron chi connectivity index (χ3n) is 2.94. The molecule has 96 valence electrons. The Labute approximate surface area is 103 Å². The van der Waals surface area contributed by atoms with E-state index in [-0.39, 0.29) is 10.5 Å². The van der Waals surface area contributed by atoms with E-state index < -0.39 is 10.0 Å². The lowest BCUT2D eigenvalue weighted by Crippen LogP contribution is -2.33. The highest BCUT2D eigenvalue weighted by Gasteiger charge is 2.42. The van der Waals surface area contributed by atoms with Crippen LogP contribution in [0.5, 0.6) is 0 Å². The molecule has 1 aliphatic carbocycles. The van der Waals surface area contributed by atoms with Gasteiger partial charge in [0.1, 0.15) is 0 Å². The van der Waals surface area contributed by atoms with Gasteiger partial charge in [0.15, 0.2) is 0 Å². The third kappa shape index (κ3) is 5.03. The van der Waals surface area contributed by atoms with Gasteiger partial charge in [0, 0.05) is 11.3 Å². The van der Waals surface area contributed by atoms with Crippen LogP contribution in [-0.4, -0.2) is 45.3 Å². The van der Waals surface area contributed by atoms with E-state index >= 15 is 0 Å². The summed E-state index contributed by atoms with van der Waals surface area (Å²) in [5.41, 5.74) is 0. The number of hydrogen-bond donors (Lipinski definition) is 2. The van der Waals surface area contributed by atoms with Gasteiger partial charge in [-0.05, 0) is 45.5 Å². The average molecular weight is 266 g/mol. The second kappa shape index (κ2) is 6.23. The van der Waals surface area contributed by atoms with Crippen molar-refractivity contribution in [3.63, 3.8) is 0 Å². The first kappa shape index (κ1) is 14.3. The highest BCUT2D eigenvalue weighted by molar-refractivity contribution is 8.00. The second-order valence-corrected chi connectivity index (χ2v) is 7.54. The van der Waals surface area contributed by atoms with Gasteiger partial charge in [0.2, 0.25) is 10.0 Å². The van der Waals surface area contributed by atoms with E-state index in [0.29, 0.717) is 6.54 Å². The Bertz CT molecular complexity index is 300. The molecule has 0 spiro atoms. The fourth-order valence-corrected chi connectivity index (χ4v) is 3.54. The summed E-state index contributed by atoms with van der Waals surface area (Å²) in [7, 11) is -1.18. The molecule has 0 unspecified atom stereocenters. The molecule has 1 fully saturated rings.